The van der Waals surface area contributed by atoms with E-state index < -0.39 is 6.10 Å². The molecule has 1 aromatic carbocycles. The first kappa shape index (κ1) is 11.2. The third kappa shape index (κ3) is 2.43. The van der Waals surface area contributed by atoms with E-state index >= 15 is 0 Å². The van der Waals surface area contributed by atoms with E-state index in [1.807, 2.05) is 0 Å². The summed E-state index contributed by atoms with van der Waals surface area (Å²) < 4.78 is 13.0. The average molecular weight is 238 g/mol. The van der Waals surface area contributed by atoms with E-state index in [2.05, 4.69) is 9.97 Å². The standard InChI is InChI=1S/C11H11FN2OS/c1-7(15)9-6-8(12)2-3-10(9)16-11-13-4-5-14-11/h2-7,15H,1H3,(H,13,14)/t7-/m0/s1. The van der Waals surface area contributed by atoms with Crippen LogP contribution in [-0.2, 0) is 0 Å². The Morgan fingerprint density at radius 2 is 2.31 bits per heavy atom. The molecule has 2 aromatic rings. The fraction of sp³-hybridized carbons (Fsp3) is 0.182. The second kappa shape index (κ2) is 4.67. The summed E-state index contributed by atoms with van der Waals surface area (Å²) in [7, 11) is 0. The maximum absolute atomic E-state index is 13.0. The zero-order chi connectivity index (χ0) is 11.5. The van der Waals surface area contributed by atoms with Gasteiger partial charge in [-0.05, 0) is 30.7 Å². The molecule has 0 radical (unpaired) electrons. The van der Waals surface area contributed by atoms with Crippen LogP contribution in [0.2, 0.25) is 0 Å². The van der Waals surface area contributed by atoms with Crippen molar-refractivity contribution in [3.8, 4) is 0 Å². The number of aromatic amines is 1. The quantitative estimate of drug-likeness (QED) is 0.864. The van der Waals surface area contributed by atoms with Gasteiger partial charge >= 0.3 is 0 Å². The summed E-state index contributed by atoms with van der Waals surface area (Å²) in [5.74, 6) is -0.348. The zero-order valence-electron chi connectivity index (χ0n) is 8.64. The minimum absolute atomic E-state index is 0.348. The number of imidazole rings is 1. The van der Waals surface area contributed by atoms with Crippen molar-refractivity contribution in [3.05, 3.63) is 42.0 Å². The minimum atomic E-state index is -0.701. The number of aromatic nitrogens is 2. The molecule has 0 aliphatic rings. The van der Waals surface area contributed by atoms with Crippen LogP contribution in [0.1, 0.15) is 18.6 Å². The van der Waals surface area contributed by atoms with Gasteiger partial charge in [-0.2, -0.15) is 0 Å². The molecule has 0 saturated heterocycles. The van der Waals surface area contributed by atoms with Gasteiger partial charge in [0, 0.05) is 17.3 Å². The van der Waals surface area contributed by atoms with Gasteiger partial charge in [-0.25, -0.2) is 9.37 Å². The second-order valence-corrected chi connectivity index (χ2v) is 4.39. The van der Waals surface area contributed by atoms with Crippen LogP contribution in [-0.4, -0.2) is 15.1 Å². The van der Waals surface area contributed by atoms with Crippen LogP contribution in [0.5, 0.6) is 0 Å². The van der Waals surface area contributed by atoms with Gasteiger partial charge in [0.25, 0.3) is 0 Å². The first-order chi connectivity index (χ1) is 7.66. The van der Waals surface area contributed by atoms with Crippen LogP contribution in [0, 0.1) is 5.82 Å². The number of aliphatic hydroxyl groups excluding tert-OH is 1. The van der Waals surface area contributed by atoms with E-state index in [1.54, 1.807) is 25.4 Å². The number of rotatable bonds is 3. The monoisotopic (exact) mass is 238 g/mol. The normalized spacial score (nSPS) is 12.7. The smallest absolute Gasteiger partial charge is 0.170 e. The van der Waals surface area contributed by atoms with Gasteiger partial charge in [-0.3, -0.25) is 0 Å². The summed E-state index contributed by atoms with van der Waals surface area (Å²) in [6.07, 6.45) is 2.66. The number of benzene rings is 1. The van der Waals surface area contributed by atoms with Crippen LogP contribution in [0.3, 0.4) is 0 Å². The summed E-state index contributed by atoms with van der Waals surface area (Å²) in [4.78, 5) is 7.81. The largest absolute Gasteiger partial charge is 0.389 e. The van der Waals surface area contributed by atoms with Crippen LogP contribution < -0.4 is 0 Å². The summed E-state index contributed by atoms with van der Waals surface area (Å²) in [5, 5.41) is 10.3. The van der Waals surface area contributed by atoms with E-state index in [4.69, 9.17) is 0 Å². The third-order valence-corrected chi connectivity index (χ3v) is 3.11. The Hall–Kier alpha value is -1.33. The molecule has 0 fully saturated rings. The summed E-state index contributed by atoms with van der Waals surface area (Å²) >= 11 is 1.36. The number of aliphatic hydroxyl groups is 1. The summed E-state index contributed by atoms with van der Waals surface area (Å²) in [6, 6.07) is 4.36. The first-order valence-corrected chi connectivity index (χ1v) is 5.63. The van der Waals surface area contributed by atoms with Gasteiger partial charge in [0.1, 0.15) is 5.82 Å². The number of H-pyrrole nitrogens is 1. The zero-order valence-corrected chi connectivity index (χ0v) is 9.46. The molecule has 0 spiro atoms. The van der Waals surface area contributed by atoms with Crippen LogP contribution in [0.25, 0.3) is 0 Å². The highest BCUT2D eigenvalue weighted by atomic mass is 32.2. The van der Waals surface area contributed by atoms with Crippen molar-refractivity contribution in [2.24, 2.45) is 0 Å². The molecule has 0 unspecified atom stereocenters. The summed E-state index contributed by atoms with van der Waals surface area (Å²) in [5.41, 5.74) is 0.571. The Bertz CT molecular complexity index is 471. The predicted octanol–water partition coefficient (Wildman–Crippen LogP) is 2.75. The molecule has 1 atom stereocenters. The molecule has 0 saturated carbocycles. The van der Waals surface area contributed by atoms with Crippen molar-refractivity contribution in [1.82, 2.24) is 9.97 Å². The van der Waals surface area contributed by atoms with Crippen molar-refractivity contribution in [3.63, 3.8) is 0 Å². The van der Waals surface area contributed by atoms with Gasteiger partial charge in [0.15, 0.2) is 5.16 Å². The highest BCUT2D eigenvalue weighted by Gasteiger charge is 2.11. The number of hydrogen-bond donors (Lipinski definition) is 2. The molecule has 1 heterocycles. The number of nitrogens with one attached hydrogen (secondary N) is 1. The van der Waals surface area contributed by atoms with E-state index in [9.17, 15) is 9.50 Å². The molecule has 0 bridgehead atoms. The number of nitrogens with zero attached hydrogens (tertiary/aromatic N) is 1. The molecule has 0 aliphatic heterocycles. The van der Waals surface area contributed by atoms with Crippen molar-refractivity contribution in [2.75, 3.05) is 0 Å². The Labute approximate surface area is 96.7 Å². The first-order valence-electron chi connectivity index (χ1n) is 4.81. The molecule has 16 heavy (non-hydrogen) atoms. The topological polar surface area (TPSA) is 48.9 Å². The van der Waals surface area contributed by atoms with Crippen molar-refractivity contribution in [1.29, 1.82) is 0 Å². The summed E-state index contributed by atoms with van der Waals surface area (Å²) in [6.45, 7) is 1.61. The average Bonchev–Trinajstić information content (AvgIpc) is 2.73. The lowest BCUT2D eigenvalue weighted by molar-refractivity contribution is 0.196. The van der Waals surface area contributed by atoms with Gasteiger partial charge in [-0.1, -0.05) is 11.8 Å². The number of hydrogen-bond acceptors (Lipinski definition) is 3. The fourth-order valence-electron chi connectivity index (χ4n) is 1.35. The maximum Gasteiger partial charge on any atom is 0.170 e. The Morgan fingerprint density at radius 1 is 1.50 bits per heavy atom. The van der Waals surface area contributed by atoms with Crippen molar-refractivity contribution in [2.45, 2.75) is 23.1 Å². The van der Waals surface area contributed by atoms with Crippen LogP contribution in [0.4, 0.5) is 4.39 Å². The lowest BCUT2D eigenvalue weighted by atomic mass is 10.1. The van der Waals surface area contributed by atoms with E-state index in [1.165, 1.54) is 23.9 Å². The molecule has 3 nitrogen and oxygen atoms in total. The predicted molar refractivity (Wildman–Crippen MR) is 59.7 cm³/mol. The highest BCUT2D eigenvalue weighted by molar-refractivity contribution is 7.99. The lowest BCUT2D eigenvalue weighted by Gasteiger charge is -2.10. The van der Waals surface area contributed by atoms with Gasteiger partial charge in [0.2, 0.25) is 0 Å². The molecule has 2 N–H and O–H groups in total. The number of halogens is 1. The SMILES string of the molecule is C[C@H](O)c1cc(F)ccc1Sc1ncc[nH]1. The Balaban J connectivity index is 2.33. The highest BCUT2D eigenvalue weighted by Crippen LogP contribution is 2.31. The molecule has 84 valence electrons. The fourth-order valence-corrected chi connectivity index (χ4v) is 2.28. The molecule has 0 aliphatic carbocycles. The van der Waals surface area contributed by atoms with Crippen molar-refractivity contribution < 1.29 is 9.50 Å². The van der Waals surface area contributed by atoms with E-state index in [0.717, 1.165) is 4.90 Å². The van der Waals surface area contributed by atoms with Crippen LogP contribution in [0.15, 0.2) is 40.6 Å². The minimum Gasteiger partial charge on any atom is -0.389 e. The maximum atomic E-state index is 13.0. The van der Waals surface area contributed by atoms with E-state index in [0.29, 0.717) is 10.7 Å². The Kier molecular flexibility index (Phi) is 3.26. The molecule has 2 rings (SSSR count). The van der Waals surface area contributed by atoms with Crippen molar-refractivity contribution >= 4 is 11.8 Å². The molecular weight excluding hydrogens is 227 g/mol. The van der Waals surface area contributed by atoms with Gasteiger partial charge in [-0.15, -0.1) is 0 Å². The molecule has 5 heteroatoms. The van der Waals surface area contributed by atoms with E-state index in [-0.39, 0.29) is 5.82 Å². The van der Waals surface area contributed by atoms with Gasteiger partial charge in [0.05, 0.1) is 6.10 Å². The van der Waals surface area contributed by atoms with Gasteiger partial charge < -0.3 is 10.1 Å². The van der Waals surface area contributed by atoms with Crippen LogP contribution >= 0.6 is 11.8 Å². The second-order valence-electron chi connectivity index (χ2n) is 3.35. The molecular formula is C11H11FN2OS. The third-order valence-electron chi connectivity index (χ3n) is 2.10. The molecule has 1 aromatic heterocycles. The lowest BCUT2D eigenvalue weighted by Crippen LogP contribution is -1.95. The Morgan fingerprint density at radius 3 is 2.94 bits per heavy atom. The molecule has 0 amide bonds.